The standard InChI is InChI=1S/C11H14Cl2O2/c1-7(14)11(15)5-3-8-2-4-9(12)6-10(8)13/h2,4,6-7,11,14-15H,3,5H2,1H3. The van der Waals surface area contributed by atoms with Gasteiger partial charge >= 0.3 is 0 Å². The number of halogens is 2. The Labute approximate surface area is 99.5 Å². The highest BCUT2D eigenvalue weighted by Crippen LogP contribution is 2.22. The van der Waals surface area contributed by atoms with Crippen molar-refractivity contribution in [1.29, 1.82) is 0 Å². The number of hydrogen-bond acceptors (Lipinski definition) is 2. The van der Waals surface area contributed by atoms with Gasteiger partial charge in [-0.05, 0) is 37.5 Å². The fourth-order valence-corrected chi connectivity index (χ4v) is 1.77. The number of rotatable bonds is 4. The van der Waals surface area contributed by atoms with E-state index in [9.17, 15) is 5.11 Å². The molecule has 0 fully saturated rings. The van der Waals surface area contributed by atoms with Gasteiger partial charge < -0.3 is 10.2 Å². The van der Waals surface area contributed by atoms with Gasteiger partial charge in [0.05, 0.1) is 12.2 Å². The van der Waals surface area contributed by atoms with Crippen LogP contribution in [0.15, 0.2) is 18.2 Å². The van der Waals surface area contributed by atoms with Crippen LogP contribution in [-0.2, 0) is 6.42 Å². The first-order chi connectivity index (χ1) is 7.00. The molecule has 0 aromatic heterocycles. The van der Waals surface area contributed by atoms with Crippen molar-refractivity contribution in [3.05, 3.63) is 33.8 Å². The molecule has 0 bridgehead atoms. The largest absolute Gasteiger partial charge is 0.391 e. The van der Waals surface area contributed by atoms with Crippen LogP contribution >= 0.6 is 23.2 Å². The maximum absolute atomic E-state index is 9.41. The zero-order valence-corrected chi connectivity index (χ0v) is 9.96. The maximum Gasteiger partial charge on any atom is 0.0799 e. The summed E-state index contributed by atoms with van der Waals surface area (Å²) in [7, 11) is 0. The van der Waals surface area contributed by atoms with Gasteiger partial charge in [-0.3, -0.25) is 0 Å². The Morgan fingerprint density at radius 2 is 1.93 bits per heavy atom. The summed E-state index contributed by atoms with van der Waals surface area (Å²) in [6.45, 7) is 1.56. The third-order valence-corrected chi connectivity index (χ3v) is 2.87. The van der Waals surface area contributed by atoms with Gasteiger partial charge in [0, 0.05) is 10.0 Å². The zero-order valence-electron chi connectivity index (χ0n) is 8.45. The summed E-state index contributed by atoms with van der Waals surface area (Å²) < 4.78 is 0. The van der Waals surface area contributed by atoms with Crippen molar-refractivity contribution in [3.8, 4) is 0 Å². The van der Waals surface area contributed by atoms with Crippen molar-refractivity contribution in [2.24, 2.45) is 0 Å². The highest BCUT2D eigenvalue weighted by atomic mass is 35.5. The summed E-state index contributed by atoms with van der Waals surface area (Å²) in [5.74, 6) is 0. The molecular formula is C11H14Cl2O2. The van der Waals surface area contributed by atoms with E-state index in [1.807, 2.05) is 6.07 Å². The lowest BCUT2D eigenvalue weighted by Gasteiger charge is -2.13. The van der Waals surface area contributed by atoms with E-state index in [-0.39, 0.29) is 0 Å². The number of hydrogen-bond donors (Lipinski definition) is 2. The van der Waals surface area contributed by atoms with Crippen LogP contribution in [0, 0.1) is 0 Å². The summed E-state index contributed by atoms with van der Waals surface area (Å²) in [4.78, 5) is 0. The van der Waals surface area contributed by atoms with E-state index in [0.29, 0.717) is 22.9 Å². The molecule has 0 saturated heterocycles. The van der Waals surface area contributed by atoms with Gasteiger partial charge in [-0.1, -0.05) is 29.3 Å². The molecule has 0 spiro atoms. The molecule has 2 N–H and O–H groups in total. The van der Waals surface area contributed by atoms with Gasteiger partial charge in [0.25, 0.3) is 0 Å². The van der Waals surface area contributed by atoms with Crippen molar-refractivity contribution < 1.29 is 10.2 Å². The molecule has 84 valence electrons. The predicted octanol–water partition coefficient (Wildman–Crippen LogP) is 2.67. The highest BCUT2D eigenvalue weighted by molar-refractivity contribution is 6.35. The lowest BCUT2D eigenvalue weighted by Crippen LogP contribution is -2.22. The van der Waals surface area contributed by atoms with Crippen LogP contribution < -0.4 is 0 Å². The normalized spacial score (nSPS) is 15.0. The number of aliphatic hydroxyl groups excluding tert-OH is 2. The molecule has 4 heteroatoms. The van der Waals surface area contributed by atoms with Crippen molar-refractivity contribution in [1.82, 2.24) is 0 Å². The Morgan fingerprint density at radius 1 is 1.27 bits per heavy atom. The number of aryl methyl sites for hydroxylation is 1. The molecule has 0 saturated carbocycles. The molecule has 2 nitrogen and oxygen atoms in total. The minimum absolute atomic E-state index is 0.485. The van der Waals surface area contributed by atoms with Crippen molar-refractivity contribution in [3.63, 3.8) is 0 Å². The van der Waals surface area contributed by atoms with Crippen LogP contribution in [-0.4, -0.2) is 22.4 Å². The van der Waals surface area contributed by atoms with Gasteiger partial charge in [0.2, 0.25) is 0 Å². The first kappa shape index (κ1) is 12.8. The molecule has 2 atom stereocenters. The molecule has 1 rings (SSSR count). The maximum atomic E-state index is 9.41. The van der Waals surface area contributed by atoms with Crippen LogP contribution in [0.5, 0.6) is 0 Å². The van der Waals surface area contributed by atoms with E-state index in [4.69, 9.17) is 28.3 Å². The Balaban J connectivity index is 2.58. The molecule has 0 amide bonds. The molecule has 0 aliphatic heterocycles. The Bertz CT molecular complexity index is 326. The molecule has 0 heterocycles. The summed E-state index contributed by atoms with van der Waals surface area (Å²) in [6, 6.07) is 5.27. The monoisotopic (exact) mass is 248 g/mol. The third-order valence-electron chi connectivity index (χ3n) is 2.28. The van der Waals surface area contributed by atoms with Gasteiger partial charge in [-0.25, -0.2) is 0 Å². The van der Waals surface area contributed by atoms with E-state index >= 15 is 0 Å². The Hall–Kier alpha value is -0.280. The number of benzene rings is 1. The van der Waals surface area contributed by atoms with E-state index in [2.05, 4.69) is 0 Å². The minimum Gasteiger partial charge on any atom is -0.391 e. The van der Waals surface area contributed by atoms with Gasteiger partial charge in [0.1, 0.15) is 0 Å². The summed E-state index contributed by atoms with van der Waals surface area (Å²) in [5, 5.41) is 19.7. The predicted molar refractivity (Wildman–Crippen MR) is 62.5 cm³/mol. The van der Waals surface area contributed by atoms with Crippen LogP contribution in [0.1, 0.15) is 18.9 Å². The second-order valence-electron chi connectivity index (χ2n) is 3.58. The number of aliphatic hydroxyl groups is 2. The third kappa shape index (κ3) is 3.99. The summed E-state index contributed by atoms with van der Waals surface area (Å²) in [5.41, 5.74) is 0.931. The molecule has 0 radical (unpaired) electrons. The fraction of sp³-hybridized carbons (Fsp3) is 0.455. The van der Waals surface area contributed by atoms with Crippen LogP contribution in [0.4, 0.5) is 0 Å². The quantitative estimate of drug-likeness (QED) is 0.861. The van der Waals surface area contributed by atoms with E-state index in [1.54, 1.807) is 19.1 Å². The smallest absolute Gasteiger partial charge is 0.0799 e. The van der Waals surface area contributed by atoms with E-state index < -0.39 is 12.2 Å². The van der Waals surface area contributed by atoms with E-state index in [0.717, 1.165) is 5.56 Å². The summed E-state index contributed by atoms with van der Waals surface area (Å²) in [6.07, 6.45) is -0.311. The van der Waals surface area contributed by atoms with Gasteiger partial charge in [-0.15, -0.1) is 0 Å². The zero-order chi connectivity index (χ0) is 11.4. The Kier molecular flexibility index (Phi) is 4.87. The molecule has 0 aliphatic rings. The van der Waals surface area contributed by atoms with Gasteiger partial charge in [0.15, 0.2) is 0 Å². The fourth-order valence-electron chi connectivity index (χ4n) is 1.27. The van der Waals surface area contributed by atoms with Crippen molar-refractivity contribution in [2.45, 2.75) is 32.0 Å². The molecule has 1 aromatic carbocycles. The summed E-state index contributed by atoms with van der Waals surface area (Å²) >= 11 is 11.7. The SMILES string of the molecule is CC(O)C(O)CCc1ccc(Cl)cc1Cl. The first-order valence-electron chi connectivity index (χ1n) is 4.80. The van der Waals surface area contributed by atoms with E-state index in [1.165, 1.54) is 0 Å². The molecular weight excluding hydrogens is 235 g/mol. The lowest BCUT2D eigenvalue weighted by atomic mass is 10.0. The van der Waals surface area contributed by atoms with Crippen molar-refractivity contribution >= 4 is 23.2 Å². The second kappa shape index (κ2) is 5.71. The Morgan fingerprint density at radius 3 is 2.47 bits per heavy atom. The van der Waals surface area contributed by atoms with Crippen molar-refractivity contribution in [2.75, 3.05) is 0 Å². The average Bonchev–Trinajstić information content (AvgIpc) is 2.15. The molecule has 0 aliphatic carbocycles. The topological polar surface area (TPSA) is 40.5 Å². The van der Waals surface area contributed by atoms with Crippen LogP contribution in [0.3, 0.4) is 0 Å². The lowest BCUT2D eigenvalue weighted by molar-refractivity contribution is 0.0265. The average molecular weight is 249 g/mol. The van der Waals surface area contributed by atoms with Gasteiger partial charge in [-0.2, -0.15) is 0 Å². The van der Waals surface area contributed by atoms with Crippen LogP contribution in [0.2, 0.25) is 10.0 Å². The van der Waals surface area contributed by atoms with Crippen LogP contribution in [0.25, 0.3) is 0 Å². The molecule has 2 unspecified atom stereocenters. The highest BCUT2D eigenvalue weighted by Gasteiger charge is 2.11. The first-order valence-corrected chi connectivity index (χ1v) is 5.56. The minimum atomic E-state index is -0.712. The second-order valence-corrected chi connectivity index (χ2v) is 4.43. The molecule has 15 heavy (non-hydrogen) atoms. The molecule has 1 aromatic rings.